The summed E-state index contributed by atoms with van der Waals surface area (Å²) in [6.07, 6.45) is 13.8. The van der Waals surface area contributed by atoms with E-state index in [1.807, 2.05) is 12.5 Å². The smallest absolute Gasteiger partial charge is 0.0948 e. The summed E-state index contributed by atoms with van der Waals surface area (Å²) in [7, 11) is 0. The zero-order valence-corrected chi connectivity index (χ0v) is 9.45. The molecule has 0 amide bonds. The van der Waals surface area contributed by atoms with E-state index in [1.54, 1.807) is 0 Å². The minimum absolute atomic E-state index is 0.678. The van der Waals surface area contributed by atoms with Crippen LogP contribution in [0.4, 0.5) is 0 Å². The van der Waals surface area contributed by atoms with Gasteiger partial charge in [-0.1, -0.05) is 39.5 Å². The van der Waals surface area contributed by atoms with Gasteiger partial charge in [-0.2, -0.15) is 0 Å². The topological polar surface area (TPSA) is 17.8 Å². The molecule has 0 saturated carbocycles. The lowest BCUT2D eigenvalue weighted by Gasteiger charge is -2.17. The molecule has 0 bridgehead atoms. The van der Waals surface area contributed by atoms with Crippen molar-refractivity contribution in [3.05, 3.63) is 18.7 Å². The molecule has 0 aromatic carbocycles. The van der Waals surface area contributed by atoms with Gasteiger partial charge in [0.15, 0.2) is 0 Å². The Balaban J connectivity index is 2.44. The van der Waals surface area contributed by atoms with Crippen molar-refractivity contribution in [1.82, 2.24) is 9.55 Å². The van der Waals surface area contributed by atoms with Gasteiger partial charge in [-0.15, -0.1) is 0 Å². The van der Waals surface area contributed by atoms with Crippen LogP contribution in [0.25, 0.3) is 0 Å². The van der Waals surface area contributed by atoms with Gasteiger partial charge in [-0.3, -0.25) is 0 Å². The van der Waals surface area contributed by atoms with Crippen LogP contribution < -0.4 is 0 Å². The van der Waals surface area contributed by atoms with Crippen LogP contribution >= 0.6 is 0 Å². The van der Waals surface area contributed by atoms with Gasteiger partial charge in [0.25, 0.3) is 0 Å². The van der Waals surface area contributed by atoms with Crippen molar-refractivity contribution < 1.29 is 0 Å². The zero-order valence-electron chi connectivity index (χ0n) is 9.45. The molecule has 1 heterocycles. The first-order valence-corrected chi connectivity index (χ1v) is 5.86. The number of unbranched alkanes of at least 4 members (excludes halogenated alkanes) is 2. The Bertz CT molecular complexity index is 208. The van der Waals surface area contributed by atoms with E-state index in [1.165, 1.54) is 38.5 Å². The van der Waals surface area contributed by atoms with Crippen LogP contribution in [0.2, 0.25) is 0 Å². The van der Waals surface area contributed by atoms with Crippen molar-refractivity contribution in [3.63, 3.8) is 0 Å². The average Bonchev–Trinajstić information content (AvgIpc) is 2.71. The maximum atomic E-state index is 4.12. The van der Waals surface area contributed by atoms with E-state index in [0.29, 0.717) is 6.04 Å². The first-order valence-electron chi connectivity index (χ1n) is 5.86. The highest BCUT2D eigenvalue weighted by atomic mass is 15.0. The fourth-order valence-corrected chi connectivity index (χ4v) is 1.81. The van der Waals surface area contributed by atoms with Crippen molar-refractivity contribution in [3.8, 4) is 0 Å². The molecule has 0 saturated heterocycles. The van der Waals surface area contributed by atoms with Gasteiger partial charge >= 0.3 is 0 Å². The van der Waals surface area contributed by atoms with Gasteiger partial charge in [0.05, 0.1) is 6.33 Å². The van der Waals surface area contributed by atoms with Crippen LogP contribution in [0.15, 0.2) is 18.7 Å². The van der Waals surface area contributed by atoms with Crippen LogP contribution in [-0.4, -0.2) is 9.55 Å². The van der Waals surface area contributed by atoms with Crippen molar-refractivity contribution in [1.29, 1.82) is 0 Å². The van der Waals surface area contributed by atoms with Gasteiger partial charge in [0, 0.05) is 18.4 Å². The number of aromatic nitrogens is 2. The van der Waals surface area contributed by atoms with Crippen molar-refractivity contribution in [2.75, 3.05) is 0 Å². The largest absolute Gasteiger partial charge is 0.334 e. The van der Waals surface area contributed by atoms with Crippen molar-refractivity contribution >= 4 is 0 Å². The monoisotopic (exact) mass is 194 g/mol. The molecule has 0 aliphatic carbocycles. The Labute approximate surface area is 87.4 Å². The molecule has 80 valence electrons. The molecule has 1 rings (SSSR count). The summed E-state index contributed by atoms with van der Waals surface area (Å²) in [5.41, 5.74) is 0. The minimum atomic E-state index is 0.678. The van der Waals surface area contributed by atoms with E-state index < -0.39 is 0 Å². The van der Waals surface area contributed by atoms with Crippen LogP contribution in [0.5, 0.6) is 0 Å². The molecule has 0 spiro atoms. The maximum absolute atomic E-state index is 4.12. The van der Waals surface area contributed by atoms with Gasteiger partial charge < -0.3 is 4.57 Å². The molecule has 0 atom stereocenters. The molecule has 0 aliphatic rings. The number of nitrogens with zero attached hydrogens (tertiary/aromatic N) is 2. The fourth-order valence-electron chi connectivity index (χ4n) is 1.81. The minimum Gasteiger partial charge on any atom is -0.334 e. The van der Waals surface area contributed by atoms with E-state index in [2.05, 4.69) is 29.6 Å². The molecule has 0 unspecified atom stereocenters. The number of hydrogen-bond acceptors (Lipinski definition) is 1. The van der Waals surface area contributed by atoms with E-state index >= 15 is 0 Å². The van der Waals surface area contributed by atoms with Gasteiger partial charge in [-0.25, -0.2) is 4.98 Å². The normalized spacial score (nSPS) is 11.1. The molecule has 2 heteroatoms. The van der Waals surface area contributed by atoms with E-state index in [-0.39, 0.29) is 0 Å². The number of imidazole rings is 1. The van der Waals surface area contributed by atoms with E-state index in [4.69, 9.17) is 0 Å². The lowest BCUT2D eigenvalue weighted by molar-refractivity contribution is 0.408. The molecular weight excluding hydrogens is 172 g/mol. The SMILES string of the molecule is CCCCC(CCCC)n1ccnc1. The number of hydrogen-bond donors (Lipinski definition) is 0. The molecule has 2 nitrogen and oxygen atoms in total. The zero-order chi connectivity index (χ0) is 10.2. The predicted molar refractivity (Wildman–Crippen MR) is 60.3 cm³/mol. The van der Waals surface area contributed by atoms with Gasteiger partial charge in [0.1, 0.15) is 0 Å². The van der Waals surface area contributed by atoms with Gasteiger partial charge in [-0.05, 0) is 12.8 Å². The van der Waals surface area contributed by atoms with Crippen molar-refractivity contribution in [2.24, 2.45) is 0 Å². The molecular formula is C12H22N2. The first kappa shape index (κ1) is 11.3. The Morgan fingerprint density at radius 3 is 2.21 bits per heavy atom. The average molecular weight is 194 g/mol. The Morgan fingerprint density at radius 1 is 1.14 bits per heavy atom. The predicted octanol–water partition coefficient (Wildman–Crippen LogP) is 3.80. The summed E-state index contributed by atoms with van der Waals surface area (Å²) in [5, 5.41) is 0. The van der Waals surface area contributed by atoms with Crippen LogP contribution in [0, 0.1) is 0 Å². The lowest BCUT2D eigenvalue weighted by atomic mass is 10.0. The van der Waals surface area contributed by atoms with Crippen LogP contribution in [-0.2, 0) is 0 Å². The molecule has 0 radical (unpaired) electrons. The highest BCUT2D eigenvalue weighted by Gasteiger charge is 2.08. The summed E-state index contributed by atoms with van der Waals surface area (Å²) in [4.78, 5) is 4.12. The Kier molecular flexibility index (Phi) is 5.35. The standard InChI is InChI=1S/C12H22N2/c1-3-5-7-12(8-6-4-2)14-10-9-13-11-14/h9-12H,3-8H2,1-2H3. The molecule has 1 aromatic rings. The molecule has 0 fully saturated rings. The highest BCUT2D eigenvalue weighted by Crippen LogP contribution is 2.21. The molecule has 0 N–H and O–H groups in total. The van der Waals surface area contributed by atoms with Gasteiger partial charge in [0.2, 0.25) is 0 Å². The molecule has 14 heavy (non-hydrogen) atoms. The van der Waals surface area contributed by atoms with Crippen LogP contribution in [0.1, 0.15) is 58.4 Å². The first-order chi connectivity index (χ1) is 6.88. The summed E-state index contributed by atoms with van der Waals surface area (Å²) < 4.78 is 2.27. The Hall–Kier alpha value is -0.790. The van der Waals surface area contributed by atoms with Crippen LogP contribution in [0.3, 0.4) is 0 Å². The van der Waals surface area contributed by atoms with E-state index in [0.717, 1.165) is 0 Å². The third-order valence-electron chi connectivity index (χ3n) is 2.73. The van der Waals surface area contributed by atoms with E-state index in [9.17, 15) is 0 Å². The third kappa shape index (κ3) is 3.52. The van der Waals surface area contributed by atoms with Crippen molar-refractivity contribution in [2.45, 2.75) is 58.4 Å². The quantitative estimate of drug-likeness (QED) is 0.645. The second-order valence-corrected chi connectivity index (χ2v) is 3.95. The fraction of sp³-hybridized carbons (Fsp3) is 0.750. The molecule has 1 aromatic heterocycles. The summed E-state index contributed by atoms with van der Waals surface area (Å²) in [6.45, 7) is 4.51. The highest BCUT2D eigenvalue weighted by molar-refractivity contribution is 4.80. The number of rotatable bonds is 7. The maximum Gasteiger partial charge on any atom is 0.0948 e. The molecule has 0 aliphatic heterocycles. The second-order valence-electron chi connectivity index (χ2n) is 3.95. The third-order valence-corrected chi connectivity index (χ3v) is 2.73. The Morgan fingerprint density at radius 2 is 1.79 bits per heavy atom. The second kappa shape index (κ2) is 6.63. The lowest BCUT2D eigenvalue weighted by Crippen LogP contribution is -2.06. The summed E-state index contributed by atoms with van der Waals surface area (Å²) >= 11 is 0. The summed E-state index contributed by atoms with van der Waals surface area (Å²) in [5.74, 6) is 0. The summed E-state index contributed by atoms with van der Waals surface area (Å²) in [6, 6.07) is 0.678.